The standard InChI is InChI=1S/C13H20N2O3/c14-12-8-10(15-5-6-16)3-4-13(12)18-9-11-2-1-7-17-11/h3-4,8,11,15-16H,1-2,5-7,9,14H2. The third-order valence-corrected chi connectivity index (χ3v) is 2.90. The second-order valence-electron chi connectivity index (χ2n) is 4.35. The summed E-state index contributed by atoms with van der Waals surface area (Å²) in [6.07, 6.45) is 2.35. The summed E-state index contributed by atoms with van der Waals surface area (Å²) in [5, 5.41) is 11.8. The highest BCUT2D eigenvalue weighted by Gasteiger charge is 2.16. The van der Waals surface area contributed by atoms with Gasteiger partial charge in [0.15, 0.2) is 0 Å². The van der Waals surface area contributed by atoms with Gasteiger partial charge in [-0.15, -0.1) is 0 Å². The minimum atomic E-state index is 0.0944. The maximum atomic E-state index is 8.72. The summed E-state index contributed by atoms with van der Waals surface area (Å²) >= 11 is 0. The van der Waals surface area contributed by atoms with Crippen molar-refractivity contribution in [3.05, 3.63) is 18.2 Å². The molecule has 0 saturated carbocycles. The van der Waals surface area contributed by atoms with Crippen molar-refractivity contribution in [2.75, 3.05) is 37.4 Å². The van der Waals surface area contributed by atoms with Gasteiger partial charge in [0.2, 0.25) is 0 Å². The summed E-state index contributed by atoms with van der Waals surface area (Å²) in [5.41, 5.74) is 7.38. The third kappa shape index (κ3) is 3.51. The Bertz CT molecular complexity index is 378. The van der Waals surface area contributed by atoms with E-state index in [0.29, 0.717) is 24.6 Å². The number of rotatable bonds is 6. The monoisotopic (exact) mass is 252 g/mol. The first-order valence-electron chi connectivity index (χ1n) is 6.28. The average Bonchev–Trinajstić information content (AvgIpc) is 2.88. The molecule has 5 heteroatoms. The number of nitrogens with two attached hydrogens (primary N) is 1. The van der Waals surface area contributed by atoms with Crippen LogP contribution in [0.1, 0.15) is 12.8 Å². The van der Waals surface area contributed by atoms with Crippen LogP contribution >= 0.6 is 0 Å². The number of anilines is 2. The van der Waals surface area contributed by atoms with Crippen molar-refractivity contribution in [2.45, 2.75) is 18.9 Å². The van der Waals surface area contributed by atoms with E-state index < -0.39 is 0 Å². The maximum Gasteiger partial charge on any atom is 0.142 e. The highest BCUT2D eigenvalue weighted by atomic mass is 16.5. The topological polar surface area (TPSA) is 76.7 Å². The lowest BCUT2D eigenvalue weighted by Crippen LogP contribution is -2.16. The van der Waals surface area contributed by atoms with Gasteiger partial charge in [-0.3, -0.25) is 0 Å². The molecule has 1 aromatic carbocycles. The molecule has 1 aliphatic heterocycles. The molecule has 1 fully saturated rings. The highest BCUT2D eigenvalue weighted by molar-refractivity contribution is 5.62. The highest BCUT2D eigenvalue weighted by Crippen LogP contribution is 2.26. The first-order chi connectivity index (χ1) is 8.79. The van der Waals surface area contributed by atoms with Gasteiger partial charge in [0.25, 0.3) is 0 Å². The average molecular weight is 252 g/mol. The fourth-order valence-corrected chi connectivity index (χ4v) is 1.95. The molecule has 5 nitrogen and oxygen atoms in total. The van der Waals surface area contributed by atoms with Crippen molar-refractivity contribution >= 4 is 11.4 Å². The second-order valence-corrected chi connectivity index (χ2v) is 4.35. The van der Waals surface area contributed by atoms with Gasteiger partial charge in [-0.25, -0.2) is 0 Å². The Balaban J connectivity index is 1.87. The molecule has 4 N–H and O–H groups in total. The Morgan fingerprint density at radius 2 is 2.39 bits per heavy atom. The fraction of sp³-hybridized carbons (Fsp3) is 0.538. The van der Waals surface area contributed by atoms with Crippen LogP contribution in [0.5, 0.6) is 5.75 Å². The van der Waals surface area contributed by atoms with Crippen molar-refractivity contribution < 1.29 is 14.6 Å². The van der Waals surface area contributed by atoms with E-state index in [1.54, 1.807) is 6.07 Å². The van der Waals surface area contributed by atoms with E-state index >= 15 is 0 Å². The van der Waals surface area contributed by atoms with Crippen molar-refractivity contribution in [3.8, 4) is 5.75 Å². The van der Waals surface area contributed by atoms with E-state index in [2.05, 4.69) is 5.32 Å². The molecule has 1 saturated heterocycles. The van der Waals surface area contributed by atoms with Crippen LogP contribution in [0, 0.1) is 0 Å². The van der Waals surface area contributed by atoms with Crippen LogP contribution in [0.2, 0.25) is 0 Å². The Morgan fingerprint density at radius 3 is 3.06 bits per heavy atom. The van der Waals surface area contributed by atoms with Crippen LogP contribution in [0.3, 0.4) is 0 Å². The Morgan fingerprint density at radius 1 is 1.50 bits per heavy atom. The number of nitrogen functional groups attached to an aromatic ring is 1. The lowest BCUT2D eigenvalue weighted by Gasteiger charge is -2.14. The zero-order valence-corrected chi connectivity index (χ0v) is 10.4. The molecule has 2 rings (SSSR count). The molecule has 0 amide bonds. The van der Waals surface area contributed by atoms with E-state index in [9.17, 15) is 0 Å². The van der Waals surface area contributed by atoms with Crippen LogP contribution in [-0.2, 0) is 4.74 Å². The van der Waals surface area contributed by atoms with Crippen molar-refractivity contribution in [2.24, 2.45) is 0 Å². The van der Waals surface area contributed by atoms with Gasteiger partial charge in [0.05, 0.1) is 18.4 Å². The molecule has 0 radical (unpaired) electrons. The molecular weight excluding hydrogens is 232 g/mol. The maximum absolute atomic E-state index is 8.72. The fourth-order valence-electron chi connectivity index (χ4n) is 1.95. The number of hydrogen-bond acceptors (Lipinski definition) is 5. The molecule has 0 aromatic heterocycles. The second kappa shape index (κ2) is 6.47. The molecule has 1 aromatic rings. The molecule has 1 unspecified atom stereocenters. The van der Waals surface area contributed by atoms with E-state index in [1.807, 2.05) is 12.1 Å². The predicted molar refractivity (Wildman–Crippen MR) is 70.9 cm³/mol. The molecule has 1 aliphatic rings. The van der Waals surface area contributed by atoms with Crippen LogP contribution < -0.4 is 15.8 Å². The zero-order valence-electron chi connectivity index (χ0n) is 10.4. The van der Waals surface area contributed by atoms with Gasteiger partial charge in [-0.2, -0.15) is 0 Å². The van der Waals surface area contributed by atoms with E-state index in [1.165, 1.54) is 0 Å². The quantitative estimate of drug-likeness (QED) is 0.664. The Kier molecular flexibility index (Phi) is 4.66. The molecule has 1 heterocycles. The normalized spacial score (nSPS) is 18.8. The molecule has 0 bridgehead atoms. The summed E-state index contributed by atoms with van der Waals surface area (Å²) in [6, 6.07) is 5.53. The van der Waals surface area contributed by atoms with Gasteiger partial charge in [0, 0.05) is 18.8 Å². The zero-order chi connectivity index (χ0) is 12.8. The van der Waals surface area contributed by atoms with Crippen LogP contribution in [0.25, 0.3) is 0 Å². The minimum absolute atomic E-state index is 0.0944. The lowest BCUT2D eigenvalue weighted by atomic mass is 10.2. The minimum Gasteiger partial charge on any atom is -0.489 e. The summed E-state index contributed by atoms with van der Waals surface area (Å²) < 4.78 is 11.1. The van der Waals surface area contributed by atoms with E-state index in [0.717, 1.165) is 25.1 Å². The number of aliphatic hydroxyl groups is 1. The summed E-state index contributed by atoms with van der Waals surface area (Å²) in [6.45, 7) is 1.98. The van der Waals surface area contributed by atoms with Crippen LogP contribution in [0.4, 0.5) is 11.4 Å². The van der Waals surface area contributed by atoms with Crippen molar-refractivity contribution in [1.29, 1.82) is 0 Å². The number of hydrogen-bond donors (Lipinski definition) is 3. The number of benzene rings is 1. The van der Waals surface area contributed by atoms with Gasteiger partial charge in [0.1, 0.15) is 12.4 Å². The van der Waals surface area contributed by atoms with Crippen LogP contribution in [-0.4, -0.2) is 37.6 Å². The molecule has 1 atom stereocenters. The van der Waals surface area contributed by atoms with Crippen molar-refractivity contribution in [3.63, 3.8) is 0 Å². The van der Waals surface area contributed by atoms with E-state index in [-0.39, 0.29) is 12.7 Å². The summed E-state index contributed by atoms with van der Waals surface area (Å²) in [7, 11) is 0. The largest absolute Gasteiger partial charge is 0.489 e. The third-order valence-electron chi connectivity index (χ3n) is 2.90. The molecule has 100 valence electrons. The smallest absolute Gasteiger partial charge is 0.142 e. The van der Waals surface area contributed by atoms with Gasteiger partial charge >= 0.3 is 0 Å². The number of ether oxygens (including phenoxy) is 2. The van der Waals surface area contributed by atoms with Crippen molar-refractivity contribution in [1.82, 2.24) is 0 Å². The van der Waals surface area contributed by atoms with Gasteiger partial charge < -0.3 is 25.6 Å². The molecule has 0 aliphatic carbocycles. The van der Waals surface area contributed by atoms with Gasteiger partial charge in [-0.05, 0) is 31.0 Å². The first-order valence-corrected chi connectivity index (χ1v) is 6.28. The number of nitrogens with one attached hydrogen (secondary N) is 1. The Hall–Kier alpha value is -1.46. The first kappa shape index (κ1) is 13.0. The predicted octanol–water partition coefficient (Wildman–Crippen LogP) is 1.23. The van der Waals surface area contributed by atoms with Gasteiger partial charge in [-0.1, -0.05) is 0 Å². The van der Waals surface area contributed by atoms with Crippen LogP contribution in [0.15, 0.2) is 18.2 Å². The SMILES string of the molecule is Nc1cc(NCCO)ccc1OCC1CCCO1. The number of aliphatic hydroxyl groups excluding tert-OH is 1. The summed E-state index contributed by atoms with van der Waals surface area (Å²) in [5.74, 6) is 0.681. The summed E-state index contributed by atoms with van der Waals surface area (Å²) in [4.78, 5) is 0. The Labute approximate surface area is 107 Å². The van der Waals surface area contributed by atoms with E-state index in [4.69, 9.17) is 20.3 Å². The lowest BCUT2D eigenvalue weighted by molar-refractivity contribution is 0.0682. The molecular formula is C13H20N2O3. The molecule has 18 heavy (non-hydrogen) atoms. The molecule has 0 spiro atoms.